The minimum atomic E-state index is -0.433. The number of nitrogens with one attached hydrogen (secondary N) is 1. The summed E-state index contributed by atoms with van der Waals surface area (Å²) >= 11 is 6.17. The summed E-state index contributed by atoms with van der Waals surface area (Å²) in [7, 11) is 0. The van der Waals surface area contributed by atoms with Crippen molar-refractivity contribution in [2.75, 3.05) is 0 Å². The predicted octanol–water partition coefficient (Wildman–Crippen LogP) is 5.00. The van der Waals surface area contributed by atoms with Gasteiger partial charge in [0.25, 0.3) is 5.91 Å². The molecule has 5 heteroatoms. The van der Waals surface area contributed by atoms with Gasteiger partial charge in [-0.1, -0.05) is 35.9 Å². The third-order valence-electron chi connectivity index (χ3n) is 3.44. The van der Waals surface area contributed by atoms with Gasteiger partial charge in [0.05, 0.1) is 5.02 Å². The number of ether oxygens (including phenoxy) is 1. The minimum absolute atomic E-state index is 0.274. The molecule has 0 aliphatic heterocycles. The summed E-state index contributed by atoms with van der Waals surface area (Å²) < 4.78 is 18.6. The van der Waals surface area contributed by atoms with Gasteiger partial charge in [-0.25, -0.2) is 4.39 Å². The molecule has 1 radical (unpaired) electrons. The van der Waals surface area contributed by atoms with Crippen molar-refractivity contribution < 1.29 is 13.9 Å². The first-order chi connectivity index (χ1) is 12.1. The van der Waals surface area contributed by atoms with E-state index < -0.39 is 5.82 Å². The van der Waals surface area contributed by atoms with Crippen LogP contribution in [-0.4, -0.2) is 5.91 Å². The van der Waals surface area contributed by atoms with Gasteiger partial charge in [0, 0.05) is 12.1 Å². The van der Waals surface area contributed by atoms with Crippen molar-refractivity contribution in [2.45, 2.75) is 6.54 Å². The molecule has 25 heavy (non-hydrogen) atoms. The first-order valence-corrected chi connectivity index (χ1v) is 7.96. The van der Waals surface area contributed by atoms with Crippen LogP contribution in [0.2, 0.25) is 5.02 Å². The first-order valence-electron chi connectivity index (χ1n) is 7.58. The summed E-state index contributed by atoms with van der Waals surface area (Å²) in [6, 6.07) is 20.9. The SMILES string of the molecule is O=C(NCc1ccc(Cl)c(Oc2ccccc2)c1)c1[c]cc(F)cc1. The highest BCUT2D eigenvalue weighted by Gasteiger charge is 2.08. The zero-order chi connectivity index (χ0) is 17.6. The van der Waals surface area contributed by atoms with Crippen LogP contribution in [0.3, 0.4) is 0 Å². The van der Waals surface area contributed by atoms with Crippen molar-refractivity contribution in [1.82, 2.24) is 5.32 Å². The standard InChI is InChI=1S/C20H14ClFNO2/c21-18-11-6-14(12-19(18)25-17-4-2-1-3-5-17)13-23-20(24)15-7-9-16(22)10-8-15/h1-7,9-12H,13H2,(H,23,24). The van der Waals surface area contributed by atoms with Gasteiger partial charge in [0.15, 0.2) is 0 Å². The van der Waals surface area contributed by atoms with E-state index in [1.54, 1.807) is 18.2 Å². The lowest BCUT2D eigenvalue weighted by atomic mass is 10.2. The first kappa shape index (κ1) is 17.0. The average molecular weight is 355 g/mol. The second-order valence-electron chi connectivity index (χ2n) is 5.28. The third-order valence-corrected chi connectivity index (χ3v) is 3.75. The molecule has 0 aliphatic carbocycles. The van der Waals surface area contributed by atoms with Crippen LogP contribution in [0.25, 0.3) is 0 Å². The fourth-order valence-electron chi connectivity index (χ4n) is 2.18. The van der Waals surface area contributed by atoms with Gasteiger partial charge in [-0.15, -0.1) is 0 Å². The molecule has 0 bridgehead atoms. The summed E-state index contributed by atoms with van der Waals surface area (Å²) in [5, 5.41) is 3.23. The van der Waals surface area contributed by atoms with Gasteiger partial charge in [-0.2, -0.15) is 0 Å². The Morgan fingerprint density at radius 2 is 1.92 bits per heavy atom. The van der Waals surface area contributed by atoms with E-state index in [9.17, 15) is 9.18 Å². The van der Waals surface area contributed by atoms with E-state index in [-0.39, 0.29) is 18.0 Å². The van der Waals surface area contributed by atoms with Crippen LogP contribution < -0.4 is 10.1 Å². The Hall–Kier alpha value is -2.85. The van der Waals surface area contributed by atoms with E-state index in [0.717, 1.165) is 11.6 Å². The molecule has 1 N–H and O–H groups in total. The smallest absolute Gasteiger partial charge is 0.252 e. The lowest BCUT2D eigenvalue weighted by Gasteiger charge is -2.10. The van der Waals surface area contributed by atoms with Crippen LogP contribution in [0.5, 0.6) is 11.5 Å². The molecule has 3 aromatic rings. The topological polar surface area (TPSA) is 38.3 Å². The number of carbonyl (C=O) groups excluding carboxylic acids is 1. The largest absolute Gasteiger partial charge is 0.456 e. The number of carbonyl (C=O) groups is 1. The summed E-state index contributed by atoms with van der Waals surface area (Å²) in [5.74, 6) is 0.414. The van der Waals surface area contributed by atoms with Crippen molar-refractivity contribution in [2.24, 2.45) is 0 Å². The molecule has 0 atom stereocenters. The predicted molar refractivity (Wildman–Crippen MR) is 94.4 cm³/mol. The average Bonchev–Trinajstić information content (AvgIpc) is 2.63. The van der Waals surface area contributed by atoms with Crippen LogP contribution in [0.4, 0.5) is 4.39 Å². The van der Waals surface area contributed by atoms with Crippen LogP contribution in [-0.2, 0) is 6.54 Å². The summed E-state index contributed by atoms with van der Waals surface area (Å²) in [5.41, 5.74) is 1.10. The lowest BCUT2D eigenvalue weighted by Crippen LogP contribution is -2.22. The molecule has 1 amide bonds. The zero-order valence-corrected chi connectivity index (χ0v) is 13.9. The monoisotopic (exact) mass is 354 g/mol. The maximum Gasteiger partial charge on any atom is 0.252 e. The van der Waals surface area contributed by atoms with E-state index in [4.69, 9.17) is 16.3 Å². The highest BCUT2D eigenvalue weighted by atomic mass is 35.5. The maximum absolute atomic E-state index is 12.9. The Bertz CT molecular complexity index is 867. The fourth-order valence-corrected chi connectivity index (χ4v) is 2.33. The molecule has 3 nitrogen and oxygen atoms in total. The molecule has 0 fully saturated rings. The number of hydrogen-bond acceptors (Lipinski definition) is 2. The fraction of sp³-hybridized carbons (Fsp3) is 0.0500. The normalized spacial score (nSPS) is 10.3. The number of para-hydroxylation sites is 1. The molecule has 0 saturated heterocycles. The van der Waals surface area contributed by atoms with Gasteiger partial charge < -0.3 is 10.1 Å². The molecule has 0 aromatic heterocycles. The minimum Gasteiger partial charge on any atom is -0.456 e. The highest BCUT2D eigenvalue weighted by molar-refractivity contribution is 6.32. The van der Waals surface area contributed by atoms with E-state index in [2.05, 4.69) is 11.4 Å². The molecule has 3 rings (SSSR count). The Balaban J connectivity index is 1.67. The molecule has 0 unspecified atom stereocenters. The Morgan fingerprint density at radius 3 is 2.64 bits per heavy atom. The lowest BCUT2D eigenvalue weighted by molar-refractivity contribution is 0.0950. The molecule has 0 spiro atoms. The van der Waals surface area contributed by atoms with Gasteiger partial charge in [0.2, 0.25) is 0 Å². The number of benzene rings is 3. The van der Waals surface area contributed by atoms with Crippen molar-refractivity contribution in [3.8, 4) is 11.5 Å². The van der Waals surface area contributed by atoms with Crippen LogP contribution in [0, 0.1) is 11.9 Å². The van der Waals surface area contributed by atoms with Gasteiger partial charge >= 0.3 is 0 Å². The van der Waals surface area contributed by atoms with E-state index in [1.807, 2.05) is 30.3 Å². The van der Waals surface area contributed by atoms with E-state index in [1.165, 1.54) is 12.1 Å². The van der Waals surface area contributed by atoms with Crippen LogP contribution >= 0.6 is 11.6 Å². The van der Waals surface area contributed by atoms with E-state index in [0.29, 0.717) is 16.5 Å². The molecule has 0 aliphatic rings. The quantitative estimate of drug-likeness (QED) is 0.700. The van der Waals surface area contributed by atoms with Gasteiger partial charge in [-0.3, -0.25) is 4.79 Å². The van der Waals surface area contributed by atoms with Crippen molar-refractivity contribution in [3.63, 3.8) is 0 Å². The summed E-state index contributed by atoms with van der Waals surface area (Å²) in [4.78, 5) is 12.1. The molecule has 125 valence electrons. The van der Waals surface area contributed by atoms with Crippen LogP contribution in [0.15, 0.2) is 66.7 Å². The third kappa shape index (κ3) is 4.58. The van der Waals surface area contributed by atoms with Crippen molar-refractivity contribution in [3.05, 3.63) is 94.8 Å². The van der Waals surface area contributed by atoms with Crippen molar-refractivity contribution >= 4 is 17.5 Å². The summed E-state index contributed by atoms with van der Waals surface area (Å²) in [6.07, 6.45) is 0. The van der Waals surface area contributed by atoms with E-state index >= 15 is 0 Å². The zero-order valence-electron chi connectivity index (χ0n) is 13.1. The number of rotatable bonds is 5. The second kappa shape index (κ2) is 7.81. The Morgan fingerprint density at radius 1 is 1.12 bits per heavy atom. The number of halogens is 2. The van der Waals surface area contributed by atoms with Crippen molar-refractivity contribution in [1.29, 1.82) is 0 Å². The van der Waals surface area contributed by atoms with Gasteiger partial charge in [-0.05, 0) is 54.1 Å². The second-order valence-corrected chi connectivity index (χ2v) is 5.69. The number of hydrogen-bond donors (Lipinski definition) is 1. The van der Waals surface area contributed by atoms with Gasteiger partial charge in [0.1, 0.15) is 17.3 Å². The number of amides is 1. The Kier molecular flexibility index (Phi) is 5.31. The molecular formula is C20H14ClFNO2. The molecule has 3 aromatic carbocycles. The maximum atomic E-state index is 12.9. The highest BCUT2D eigenvalue weighted by Crippen LogP contribution is 2.30. The molecule has 0 heterocycles. The summed E-state index contributed by atoms with van der Waals surface area (Å²) in [6.45, 7) is 0.284. The molecule has 0 saturated carbocycles. The van der Waals surface area contributed by atoms with Crippen LogP contribution in [0.1, 0.15) is 15.9 Å². The Labute approximate surface area is 150 Å². The molecular weight excluding hydrogens is 341 g/mol.